The lowest BCUT2D eigenvalue weighted by Gasteiger charge is -2.43. The highest BCUT2D eigenvalue weighted by atomic mass is 16.5. The van der Waals surface area contributed by atoms with Crippen molar-refractivity contribution >= 4 is 34.9 Å². The van der Waals surface area contributed by atoms with Crippen molar-refractivity contribution in [1.82, 2.24) is 0 Å². The first-order valence-electron chi connectivity index (χ1n) is 15.7. The Morgan fingerprint density at radius 3 is 2.40 bits per heavy atom. The average molecular weight is 624 g/mol. The number of allylic oxidation sites excluding steroid dienone is 7. The lowest BCUT2D eigenvalue weighted by atomic mass is 9.58. The second kappa shape index (κ2) is 10.7. The predicted molar refractivity (Wildman–Crippen MR) is 171 cm³/mol. The van der Waals surface area contributed by atoms with Crippen LogP contribution in [0.2, 0.25) is 0 Å². The van der Waals surface area contributed by atoms with E-state index < -0.39 is 23.7 Å². The van der Waals surface area contributed by atoms with E-state index in [4.69, 9.17) is 4.74 Å². The Labute approximate surface area is 270 Å². The van der Waals surface area contributed by atoms with Gasteiger partial charge in [0.15, 0.2) is 17.3 Å². The van der Waals surface area contributed by atoms with E-state index in [1.807, 2.05) is 12.1 Å². The van der Waals surface area contributed by atoms with E-state index in [9.17, 15) is 29.1 Å². The molecule has 8 heteroatoms. The molecule has 232 valence electrons. The first-order valence-corrected chi connectivity index (χ1v) is 15.7. The fourth-order valence-corrected chi connectivity index (χ4v) is 7.96. The van der Waals surface area contributed by atoms with Gasteiger partial charge in [-0.05, 0) is 79.8 Å². The number of imide groups is 1. The van der Waals surface area contributed by atoms with Crippen LogP contribution in [0.1, 0.15) is 41.3 Å². The maximum Gasteiger partial charge on any atom is 0.238 e. The number of phenolic OH excluding ortho intramolecular Hbond substituents is 1. The van der Waals surface area contributed by atoms with Gasteiger partial charge in [-0.15, -0.1) is 0 Å². The van der Waals surface area contributed by atoms with Crippen molar-refractivity contribution in [1.29, 1.82) is 0 Å². The molecule has 0 saturated carbocycles. The molecule has 5 aliphatic rings. The highest BCUT2D eigenvalue weighted by Crippen LogP contribution is 2.55. The van der Waals surface area contributed by atoms with Crippen LogP contribution in [0.15, 0.2) is 119 Å². The van der Waals surface area contributed by atoms with Crippen molar-refractivity contribution in [2.75, 3.05) is 4.90 Å². The van der Waals surface area contributed by atoms with Gasteiger partial charge in [0, 0.05) is 45.7 Å². The number of phenols is 1. The summed E-state index contributed by atoms with van der Waals surface area (Å²) >= 11 is 0. The summed E-state index contributed by atoms with van der Waals surface area (Å²) in [5.41, 5.74) is 4.81. The summed E-state index contributed by atoms with van der Waals surface area (Å²) in [6.07, 6.45) is 5.82. The molecule has 3 aliphatic carbocycles. The topological polar surface area (TPSA) is 118 Å². The molecule has 2 heterocycles. The van der Waals surface area contributed by atoms with E-state index in [1.165, 1.54) is 11.0 Å². The van der Waals surface area contributed by atoms with Gasteiger partial charge in [-0.3, -0.25) is 28.9 Å². The summed E-state index contributed by atoms with van der Waals surface area (Å²) in [5, 5.41) is 10.1. The van der Waals surface area contributed by atoms with E-state index >= 15 is 0 Å². The number of carbonyl (C=O) groups excluding carboxylic acids is 5. The van der Waals surface area contributed by atoms with Crippen LogP contribution >= 0.6 is 0 Å². The van der Waals surface area contributed by atoms with Gasteiger partial charge in [-0.2, -0.15) is 0 Å². The van der Waals surface area contributed by atoms with Crippen LogP contribution in [0.3, 0.4) is 0 Å². The van der Waals surface area contributed by atoms with Gasteiger partial charge in [0.1, 0.15) is 11.5 Å². The van der Waals surface area contributed by atoms with E-state index in [0.29, 0.717) is 52.1 Å². The Kier molecular flexibility index (Phi) is 6.58. The lowest BCUT2D eigenvalue weighted by Crippen LogP contribution is -2.41. The maximum atomic E-state index is 14.3. The zero-order valence-corrected chi connectivity index (χ0v) is 25.4. The van der Waals surface area contributed by atoms with Crippen molar-refractivity contribution in [3.8, 4) is 11.5 Å². The number of fused-ring (bicyclic) bond motifs is 4. The number of aromatic hydroxyl groups is 1. The van der Waals surface area contributed by atoms with Gasteiger partial charge < -0.3 is 9.84 Å². The summed E-state index contributed by atoms with van der Waals surface area (Å²) in [7, 11) is 0. The van der Waals surface area contributed by atoms with Crippen LogP contribution in [-0.4, -0.2) is 34.3 Å². The zero-order chi connectivity index (χ0) is 32.6. The molecule has 1 saturated heterocycles. The van der Waals surface area contributed by atoms with E-state index in [0.717, 1.165) is 16.7 Å². The summed E-state index contributed by atoms with van der Waals surface area (Å²) < 4.78 is 5.95. The van der Waals surface area contributed by atoms with Crippen LogP contribution < -0.4 is 9.64 Å². The monoisotopic (exact) mass is 623 g/mol. The Bertz CT molecular complexity index is 2070. The zero-order valence-electron chi connectivity index (χ0n) is 25.4. The van der Waals surface area contributed by atoms with Gasteiger partial charge >= 0.3 is 0 Å². The molecule has 0 aromatic heterocycles. The molecule has 8 nitrogen and oxygen atoms in total. The number of anilines is 1. The quantitative estimate of drug-likeness (QED) is 0.174. The SMILES string of the molecule is CC1=CC(=O)C2=C(C[C@@H]3C(=CC[C@@H]4C(=O)N(c5ccc(C(=O)c6ccccc6)cc5)C(=O)[C@@H]43)[C@@H]2C2=COc3ccc(O)cc3C2)C1=O. The standard InChI is InChI=1S/C39H29NO7/c1-20-15-31(42)35-30(36(20)43)18-29-27(33(35)24-16-23-17-26(41)11-14-32(23)47-19-24)12-13-28-34(29)39(46)40(38(28)45)25-9-7-22(8-10-25)37(44)21-5-3-2-4-6-21/h2-12,14-15,17,19,28-29,33-34,41H,13,16,18H2,1H3/t28-,29+,33-,34-/m0/s1. The maximum absolute atomic E-state index is 14.3. The molecule has 2 aliphatic heterocycles. The number of amides is 2. The first kappa shape index (κ1) is 28.8. The summed E-state index contributed by atoms with van der Waals surface area (Å²) in [6, 6.07) is 20.2. The number of hydrogen-bond donors (Lipinski definition) is 1. The van der Waals surface area contributed by atoms with Gasteiger partial charge in [0.25, 0.3) is 0 Å². The third-order valence-corrected chi connectivity index (χ3v) is 10.1. The van der Waals surface area contributed by atoms with Gasteiger partial charge in [0.2, 0.25) is 11.8 Å². The summed E-state index contributed by atoms with van der Waals surface area (Å²) in [6.45, 7) is 1.62. The number of rotatable bonds is 4. The third-order valence-electron chi connectivity index (χ3n) is 10.1. The Balaban J connectivity index is 1.15. The molecule has 1 fully saturated rings. The van der Waals surface area contributed by atoms with Crippen LogP contribution in [-0.2, 0) is 25.6 Å². The number of hydrogen-bond acceptors (Lipinski definition) is 7. The highest BCUT2D eigenvalue weighted by Gasteiger charge is 2.57. The minimum atomic E-state index is -0.722. The van der Waals surface area contributed by atoms with Crippen LogP contribution in [0.4, 0.5) is 5.69 Å². The third kappa shape index (κ3) is 4.47. The molecule has 3 aromatic rings. The minimum Gasteiger partial charge on any atom is -0.508 e. The van der Waals surface area contributed by atoms with Crippen LogP contribution in [0.25, 0.3) is 0 Å². The van der Waals surface area contributed by atoms with Crippen molar-refractivity contribution in [3.63, 3.8) is 0 Å². The number of Topliss-reactive ketones (excluding diaryl/α,β-unsaturated/α-hetero) is 1. The molecular weight excluding hydrogens is 594 g/mol. The molecule has 0 spiro atoms. The summed E-state index contributed by atoms with van der Waals surface area (Å²) in [5.74, 6) is -3.06. The Morgan fingerprint density at radius 1 is 0.894 bits per heavy atom. The first-order chi connectivity index (χ1) is 22.7. The molecule has 0 unspecified atom stereocenters. The smallest absolute Gasteiger partial charge is 0.238 e. The molecule has 1 N–H and O–H groups in total. The normalized spacial score (nSPS) is 24.8. The van der Waals surface area contributed by atoms with Crippen molar-refractivity contribution in [3.05, 3.63) is 136 Å². The lowest BCUT2D eigenvalue weighted by molar-refractivity contribution is -0.123. The molecule has 2 amide bonds. The number of ether oxygens (including phenoxy) is 1. The molecular formula is C39H29NO7. The highest BCUT2D eigenvalue weighted by molar-refractivity contribution is 6.25. The van der Waals surface area contributed by atoms with Gasteiger partial charge in [-0.25, -0.2) is 0 Å². The predicted octanol–water partition coefficient (Wildman–Crippen LogP) is 5.61. The molecule has 4 atom stereocenters. The number of carbonyl (C=O) groups is 5. The number of benzene rings is 3. The van der Waals surface area contributed by atoms with E-state index in [1.54, 1.807) is 79.9 Å². The number of nitrogens with zero attached hydrogens (tertiary/aromatic N) is 1. The van der Waals surface area contributed by atoms with Crippen molar-refractivity contribution < 1.29 is 33.8 Å². The van der Waals surface area contributed by atoms with Gasteiger partial charge in [-0.1, -0.05) is 42.0 Å². The fraction of sp³-hybridized carbons (Fsp3) is 0.205. The minimum absolute atomic E-state index is 0.0878. The Morgan fingerprint density at radius 2 is 1.64 bits per heavy atom. The van der Waals surface area contributed by atoms with Gasteiger partial charge in [0.05, 0.1) is 23.8 Å². The van der Waals surface area contributed by atoms with Crippen molar-refractivity contribution in [2.24, 2.45) is 23.7 Å². The van der Waals surface area contributed by atoms with Crippen LogP contribution in [0.5, 0.6) is 11.5 Å². The van der Waals surface area contributed by atoms with E-state index in [-0.39, 0.29) is 41.3 Å². The second-order valence-corrected chi connectivity index (χ2v) is 12.8. The molecule has 0 radical (unpaired) electrons. The Hall–Kier alpha value is -5.63. The molecule has 0 bridgehead atoms. The van der Waals surface area contributed by atoms with Crippen LogP contribution in [0, 0.1) is 23.7 Å². The second-order valence-electron chi connectivity index (χ2n) is 12.8. The van der Waals surface area contributed by atoms with E-state index in [2.05, 4.69) is 0 Å². The molecule has 8 rings (SSSR count). The largest absolute Gasteiger partial charge is 0.508 e. The molecule has 47 heavy (non-hydrogen) atoms. The average Bonchev–Trinajstić information content (AvgIpc) is 3.35. The fourth-order valence-electron chi connectivity index (χ4n) is 7.96. The van der Waals surface area contributed by atoms with Crippen molar-refractivity contribution in [2.45, 2.75) is 26.2 Å². The summed E-state index contributed by atoms with van der Waals surface area (Å²) in [4.78, 5) is 69.5. The molecule has 3 aromatic carbocycles. The number of ketones is 3.